The Morgan fingerprint density at radius 3 is 1.29 bits per heavy atom. The third-order valence-corrected chi connectivity index (χ3v) is 56.3. The van der Waals surface area contributed by atoms with Crippen LogP contribution in [0.4, 0.5) is 0 Å². The van der Waals surface area contributed by atoms with Gasteiger partial charge in [-0.3, -0.25) is 0 Å². The lowest BCUT2D eigenvalue weighted by atomic mass is 10.2. The molecule has 5 fully saturated rings. The van der Waals surface area contributed by atoms with Crippen LogP contribution in [0.2, 0.25) is 19.6 Å². The summed E-state index contributed by atoms with van der Waals surface area (Å²) < 4.78 is 105. The molecule has 0 amide bonds. The van der Waals surface area contributed by atoms with Gasteiger partial charge in [-0.15, -0.1) is 0 Å². The summed E-state index contributed by atoms with van der Waals surface area (Å²) in [4.78, 5) is 12.2. The Labute approximate surface area is 459 Å². The third kappa shape index (κ3) is 8.55. The van der Waals surface area contributed by atoms with Crippen molar-refractivity contribution in [2.75, 3.05) is 6.23 Å². The van der Waals surface area contributed by atoms with Crippen LogP contribution in [-0.4, -0.2) is 99.3 Å². The molecule has 0 saturated carbocycles. The van der Waals surface area contributed by atoms with Gasteiger partial charge < -0.3 is 58.9 Å². The van der Waals surface area contributed by atoms with E-state index in [1.165, 1.54) is 0 Å². The Hall–Kier alpha value is -4.63. The Balaban J connectivity index is 1.29. The van der Waals surface area contributed by atoms with Gasteiger partial charge in [0.25, 0.3) is 0 Å². The number of hydrogen-bond acceptors (Lipinski definition) is 14. The lowest BCUT2D eigenvalue weighted by Gasteiger charge is -2.56. The molecule has 8 aromatic rings. The van der Waals surface area contributed by atoms with E-state index in [1.807, 2.05) is 250 Å². The van der Waals surface area contributed by atoms with E-state index < -0.39 is 93.1 Å². The molecule has 8 aromatic carbocycles. The van der Waals surface area contributed by atoms with Crippen LogP contribution in [-0.2, 0) is 59.0 Å². The highest BCUT2D eigenvalue weighted by molar-refractivity contribution is 7.13. The van der Waals surface area contributed by atoms with Gasteiger partial charge >= 0.3 is 88.3 Å². The molecule has 0 aliphatic carbocycles. The predicted molar refractivity (Wildman–Crippen MR) is 310 cm³/mol. The van der Waals surface area contributed by atoms with Crippen molar-refractivity contribution in [1.29, 1.82) is 0 Å². The van der Waals surface area contributed by atoms with Crippen LogP contribution >= 0.6 is 0 Å². The summed E-state index contributed by atoms with van der Waals surface area (Å²) in [6.45, 7) is 5.83. The van der Waals surface area contributed by atoms with Gasteiger partial charge in [-0.25, -0.2) is 0 Å². The minimum atomic E-state index is -5.22. The number of fused-ring (bicyclic) bond motifs is 6. The van der Waals surface area contributed by atoms with Gasteiger partial charge in [-0.1, -0.05) is 243 Å². The second-order valence-electron chi connectivity index (χ2n) is 19.4. The summed E-state index contributed by atoms with van der Waals surface area (Å²) in [6.07, 6.45) is -0.239. The van der Waals surface area contributed by atoms with Crippen molar-refractivity contribution in [2.45, 2.75) is 24.5 Å². The maximum absolute atomic E-state index is 14.1. The topological polar surface area (TPSA) is 140 Å². The molecule has 1 N–H and O–H groups in total. The van der Waals surface area contributed by atoms with E-state index in [0.29, 0.717) is 36.7 Å². The Morgan fingerprint density at radius 1 is 0.364 bits per heavy atom. The van der Waals surface area contributed by atoms with Crippen LogP contribution < -0.4 is 36.3 Å². The first-order valence-corrected chi connectivity index (χ1v) is 44.5. The van der Waals surface area contributed by atoms with Gasteiger partial charge in [0.05, 0.1) is 6.23 Å². The normalized spacial score (nSPS) is 35.8. The number of rotatable bonds is 8. The molecule has 6 bridgehead atoms. The van der Waals surface area contributed by atoms with Gasteiger partial charge in [0, 0.05) is 25.9 Å². The molecule has 5 aliphatic heterocycles. The van der Waals surface area contributed by atoms with Crippen molar-refractivity contribution >= 4 is 125 Å². The lowest BCUT2D eigenvalue weighted by Crippen LogP contribution is -2.88. The van der Waals surface area contributed by atoms with Crippen LogP contribution in [0.25, 0.3) is 0 Å². The van der Waals surface area contributed by atoms with Gasteiger partial charge in [0.2, 0.25) is 0 Å². The molecule has 13 rings (SSSR count). The van der Waals surface area contributed by atoms with Crippen LogP contribution in [0, 0.1) is 0 Å². The second-order valence-corrected chi connectivity index (χ2v) is 48.2. The van der Waals surface area contributed by atoms with Crippen molar-refractivity contribution < 1.29 is 58.9 Å². The Morgan fingerprint density at radius 2 is 0.753 bits per heavy atom. The lowest BCUT2D eigenvalue weighted by molar-refractivity contribution is 0.0951. The average molecular weight is 1200 g/mol. The summed E-state index contributed by atoms with van der Waals surface area (Å²) in [6, 6.07) is 77.6. The van der Waals surface area contributed by atoms with Crippen LogP contribution in [0.15, 0.2) is 243 Å². The van der Waals surface area contributed by atoms with E-state index in [9.17, 15) is 4.80 Å². The zero-order valence-electron chi connectivity index (χ0n) is 42.2. The highest BCUT2D eigenvalue weighted by Gasteiger charge is 2.90. The van der Waals surface area contributed by atoms with Gasteiger partial charge in [-0.2, -0.15) is 0 Å². The zero-order valence-corrected chi connectivity index (χ0v) is 52.5. The summed E-state index contributed by atoms with van der Waals surface area (Å²) in [5, 5.41) is 4.06. The van der Waals surface area contributed by atoms with Gasteiger partial charge in [0.15, 0.2) is 4.85 Å². The third-order valence-electron chi connectivity index (χ3n) is 14.4. The second kappa shape index (κ2) is 19.9. The van der Waals surface area contributed by atoms with E-state index in [-0.39, 0.29) is 6.23 Å². The molecule has 0 aromatic heterocycles. The smallest absolute Gasteiger partial charge is 0.409 e. The number of hydrogen-bond donors (Lipinski definition) is 1. The quantitative estimate of drug-likeness (QED) is 0.222. The molecular formula is C53H54O14Si10. The van der Waals surface area contributed by atoms with Crippen LogP contribution in [0.1, 0.15) is 5.56 Å². The molecule has 1 spiro atoms. The molecule has 11 unspecified atom stereocenters. The largest absolute Gasteiger partial charge is 0.519 e. The van der Waals surface area contributed by atoms with E-state index >= 15 is 0 Å². The fourth-order valence-electron chi connectivity index (χ4n) is 11.1. The zero-order chi connectivity index (χ0) is 52.5. The monoisotopic (exact) mass is 1190 g/mol. The minimum absolute atomic E-state index is 0.239. The molecule has 390 valence electrons. The van der Waals surface area contributed by atoms with E-state index in [0.717, 1.165) is 5.19 Å². The van der Waals surface area contributed by atoms with Crippen LogP contribution in [0.5, 0.6) is 0 Å². The first-order chi connectivity index (χ1) is 37.4. The highest BCUT2D eigenvalue weighted by atomic mass is 28.6. The molecule has 5 heterocycles. The fraction of sp³-hybridized carbons (Fsp3) is 0.0943. The molecule has 0 radical (unpaired) electrons. The van der Waals surface area contributed by atoms with Crippen molar-refractivity contribution in [3.8, 4) is 0 Å². The summed E-state index contributed by atoms with van der Waals surface area (Å²) >= 11 is 0. The molecule has 11 atom stereocenters. The van der Waals surface area contributed by atoms with Crippen molar-refractivity contribution in [2.24, 2.45) is 0 Å². The fourth-order valence-corrected chi connectivity index (χ4v) is 65.0. The Bertz CT molecular complexity index is 3360. The van der Waals surface area contributed by atoms with Crippen LogP contribution in [0.3, 0.4) is 0 Å². The van der Waals surface area contributed by atoms with Crippen molar-refractivity contribution in [3.63, 3.8) is 0 Å². The SMILES string of the molecule is C[SiH]1O[Si]2(c3ccccc3)O[Si](C)(c3ccccc3)O[Si]34CO[Si]5(c6ccccc6)O[SiH](C)O[Si](O)(c6ccccc6)O[Si](c6ccccc6)(O2)O[Si](c2ccccc2)(O5)C3(c2ccccc2)O[Si](c2ccccc2)(O1)O4. The van der Waals surface area contributed by atoms with E-state index in [2.05, 4.69) is 0 Å². The first kappa shape index (κ1) is 51.8. The Kier molecular flexibility index (Phi) is 13.4. The summed E-state index contributed by atoms with van der Waals surface area (Å²) in [5.41, 5.74) is 0.619. The molecule has 5 aliphatic rings. The molecule has 14 nitrogen and oxygen atoms in total. The predicted octanol–water partition coefficient (Wildman–Crippen LogP) is 3.48. The highest BCUT2D eigenvalue weighted by Crippen LogP contribution is 2.58. The molecule has 5 saturated heterocycles. The van der Waals surface area contributed by atoms with Crippen molar-refractivity contribution in [3.05, 3.63) is 248 Å². The van der Waals surface area contributed by atoms with E-state index in [4.69, 9.17) is 54.1 Å². The van der Waals surface area contributed by atoms with E-state index in [1.54, 1.807) is 12.1 Å². The summed E-state index contributed by atoms with van der Waals surface area (Å²) in [5.74, 6) is 0. The minimum Gasteiger partial charge on any atom is -0.409 e. The number of benzene rings is 8. The molecular weight excluding hydrogens is 1140 g/mol. The summed E-state index contributed by atoms with van der Waals surface area (Å²) in [7, 11) is -44.6. The molecule has 77 heavy (non-hydrogen) atoms. The maximum atomic E-state index is 14.1. The maximum Gasteiger partial charge on any atom is 0.519 e. The standard InChI is InChI=1S/C53H54O14Si10/c1-68-57-73(54,48-34-18-7-19-35-48)66-77(52-42-26-11-27-43-52)65-72(47-32-16-6-17-33-47)53(45-28-12-4-13-29-45)56-75(50-38-22-9-23-39-50)59-69(2)60-76(67-77,51-40-24-10-25-41-51)62-70(3,46-30-14-5-15-31-46)61-71(53,63-75)44-55-74(58-68,64-72)49-36-20-8-21-37-49/h4-43,54,68-69H,44H2,1-3H3. The van der Waals surface area contributed by atoms with Crippen molar-refractivity contribution in [1.82, 2.24) is 0 Å². The first-order valence-electron chi connectivity index (χ1n) is 25.5. The van der Waals surface area contributed by atoms with Gasteiger partial charge in [-0.05, 0) is 35.6 Å². The van der Waals surface area contributed by atoms with Gasteiger partial charge in [0.1, 0.15) is 0 Å². The molecule has 24 heteroatoms. The average Bonchev–Trinajstić information content (AvgIpc) is 3.78.